The van der Waals surface area contributed by atoms with Crippen molar-refractivity contribution in [3.8, 4) is 0 Å². The van der Waals surface area contributed by atoms with E-state index < -0.39 is 62.2 Å². The predicted molar refractivity (Wildman–Crippen MR) is 70.7 cm³/mol. The van der Waals surface area contributed by atoms with E-state index in [1.54, 1.807) is 20.8 Å². The third-order valence-electron chi connectivity index (χ3n) is 3.76. The molecule has 2 aliphatic heterocycles. The van der Waals surface area contributed by atoms with Crippen LogP contribution in [0.5, 0.6) is 0 Å². The lowest BCUT2D eigenvalue weighted by Crippen LogP contribution is -2.73. The second kappa shape index (κ2) is 4.92. The lowest BCUT2D eigenvalue weighted by atomic mass is 9.85. The summed E-state index contributed by atoms with van der Waals surface area (Å²) in [5.74, 6) is -4.55. The minimum absolute atomic E-state index is 0.502. The smallest absolute Gasteiger partial charge is 0.334 e. The zero-order valence-electron chi connectivity index (χ0n) is 12.5. The van der Waals surface area contributed by atoms with Crippen molar-refractivity contribution in [2.75, 3.05) is 5.75 Å². The number of Topliss-reactive ketones (excluding diaryl/α,β-unsaturated/α-hetero) is 1. The van der Waals surface area contributed by atoms with Gasteiger partial charge in [0, 0.05) is 5.41 Å². The molecular weight excluding hydrogens is 341 g/mol. The van der Waals surface area contributed by atoms with Crippen LogP contribution >= 0.6 is 0 Å². The van der Waals surface area contributed by atoms with Gasteiger partial charge in [0.25, 0.3) is 0 Å². The maximum absolute atomic E-state index is 12.3. The average Bonchev–Trinajstić information content (AvgIpc) is 2.60. The predicted octanol–water partition coefficient (Wildman–Crippen LogP) is -0.386. The van der Waals surface area contributed by atoms with Crippen LogP contribution in [0.1, 0.15) is 20.8 Å². The quantitative estimate of drug-likeness (QED) is 0.680. The molecule has 0 radical (unpaired) electrons. The third kappa shape index (κ3) is 2.81. The summed E-state index contributed by atoms with van der Waals surface area (Å²) in [6.45, 7) is 4.63. The summed E-state index contributed by atoms with van der Waals surface area (Å²) >= 11 is 0. The maximum Gasteiger partial charge on any atom is 0.471 e. The fraction of sp³-hybridized carbons (Fsp3) is 0.750. The molecule has 7 nitrogen and oxygen atoms in total. The van der Waals surface area contributed by atoms with E-state index in [4.69, 9.17) is 0 Å². The number of carbonyl (C=O) groups excluding carboxylic acids is 3. The van der Waals surface area contributed by atoms with E-state index in [-0.39, 0.29) is 0 Å². The van der Waals surface area contributed by atoms with E-state index in [1.165, 1.54) is 5.32 Å². The third-order valence-corrected chi connectivity index (χ3v) is 5.78. The zero-order chi connectivity index (χ0) is 18.0. The van der Waals surface area contributed by atoms with E-state index >= 15 is 0 Å². The second-order valence-electron chi connectivity index (χ2n) is 6.54. The van der Waals surface area contributed by atoms with E-state index in [9.17, 15) is 36.0 Å². The van der Waals surface area contributed by atoms with Crippen molar-refractivity contribution in [2.45, 2.75) is 44.4 Å². The Morgan fingerprint density at radius 3 is 2.17 bits per heavy atom. The van der Waals surface area contributed by atoms with E-state index in [2.05, 4.69) is 0 Å². The molecule has 11 heteroatoms. The number of nitrogens with one attached hydrogen (secondary N) is 1. The lowest BCUT2D eigenvalue weighted by Gasteiger charge is -2.44. The second-order valence-corrected chi connectivity index (χ2v) is 8.69. The number of fused-ring (bicyclic) bond motifs is 1. The van der Waals surface area contributed by atoms with Crippen molar-refractivity contribution in [3.63, 3.8) is 0 Å². The van der Waals surface area contributed by atoms with Crippen molar-refractivity contribution in [2.24, 2.45) is 5.41 Å². The molecule has 0 aromatic carbocycles. The summed E-state index contributed by atoms with van der Waals surface area (Å²) in [4.78, 5) is 35.9. The zero-order valence-corrected chi connectivity index (χ0v) is 13.3. The van der Waals surface area contributed by atoms with Gasteiger partial charge in [0.2, 0.25) is 5.91 Å². The standard InChI is InChI=1S/C12H15F3N2O5S/c1-11(2,3)7(18)5-4-23(21,22)9-6(8(19)17(5)9)16-10(20)12(13,14)15/h5-6,9H,4H2,1-3H3,(H,16,20)/t5?,6-,9-/m0/s1. The van der Waals surface area contributed by atoms with Crippen LogP contribution in [0.25, 0.3) is 0 Å². The molecule has 130 valence electrons. The van der Waals surface area contributed by atoms with Gasteiger partial charge in [0.15, 0.2) is 21.0 Å². The summed E-state index contributed by atoms with van der Waals surface area (Å²) < 4.78 is 60.9. The van der Waals surface area contributed by atoms with Gasteiger partial charge >= 0.3 is 12.1 Å². The van der Waals surface area contributed by atoms with Crippen LogP contribution in [0.2, 0.25) is 0 Å². The molecule has 2 rings (SSSR count). The first-order valence-corrected chi connectivity index (χ1v) is 8.35. The Morgan fingerprint density at radius 1 is 1.22 bits per heavy atom. The van der Waals surface area contributed by atoms with E-state index in [0.717, 1.165) is 4.90 Å². The topological polar surface area (TPSA) is 101 Å². The van der Waals surface area contributed by atoms with Crippen molar-refractivity contribution in [1.82, 2.24) is 10.2 Å². The van der Waals surface area contributed by atoms with Gasteiger partial charge in [-0.3, -0.25) is 14.4 Å². The molecule has 3 atom stereocenters. The molecule has 0 aromatic rings. The number of alkyl halides is 3. The lowest BCUT2D eigenvalue weighted by molar-refractivity contribution is -0.178. The molecule has 1 N–H and O–H groups in total. The molecule has 0 aliphatic carbocycles. The highest BCUT2D eigenvalue weighted by molar-refractivity contribution is 7.92. The number of rotatable bonds is 2. The number of hydrogen-bond donors (Lipinski definition) is 1. The van der Waals surface area contributed by atoms with E-state index in [0.29, 0.717) is 0 Å². The van der Waals surface area contributed by atoms with Crippen molar-refractivity contribution >= 4 is 27.4 Å². The Morgan fingerprint density at radius 2 is 1.74 bits per heavy atom. The number of nitrogens with zero attached hydrogens (tertiary/aromatic N) is 1. The summed E-state index contributed by atoms with van der Waals surface area (Å²) in [6.07, 6.45) is -5.23. The number of β-lactam (4-membered cyclic amide) rings is 1. The number of halogens is 3. The van der Waals surface area contributed by atoms with Crippen LogP contribution in [0.4, 0.5) is 13.2 Å². The molecule has 2 heterocycles. The van der Waals surface area contributed by atoms with Crippen molar-refractivity contribution < 1.29 is 36.0 Å². The highest BCUT2D eigenvalue weighted by Crippen LogP contribution is 2.38. The molecule has 0 saturated carbocycles. The summed E-state index contributed by atoms with van der Waals surface area (Å²) in [7, 11) is -4.01. The van der Waals surface area contributed by atoms with Crippen LogP contribution < -0.4 is 5.32 Å². The number of amides is 2. The van der Waals surface area contributed by atoms with Gasteiger partial charge in [-0.1, -0.05) is 20.8 Å². The molecule has 2 saturated heterocycles. The summed E-state index contributed by atoms with van der Waals surface area (Å²) in [5, 5.41) is -0.241. The molecule has 23 heavy (non-hydrogen) atoms. The first kappa shape index (κ1) is 17.7. The number of carbonyl (C=O) groups is 3. The molecule has 2 fully saturated rings. The molecular formula is C12H15F3N2O5S. The molecule has 0 spiro atoms. The van der Waals surface area contributed by atoms with Gasteiger partial charge in [-0.15, -0.1) is 0 Å². The van der Waals surface area contributed by atoms with Gasteiger partial charge < -0.3 is 10.2 Å². The van der Waals surface area contributed by atoms with Crippen LogP contribution in [0, 0.1) is 5.41 Å². The van der Waals surface area contributed by atoms with Crippen LogP contribution in [0.3, 0.4) is 0 Å². The van der Waals surface area contributed by atoms with Gasteiger partial charge in [-0.25, -0.2) is 8.42 Å². The summed E-state index contributed by atoms with van der Waals surface area (Å²) in [5.41, 5.74) is -0.921. The van der Waals surface area contributed by atoms with Crippen LogP contribution in [-0.2, 0) is 24.2 Å². The maximum atomic E-state index is 12.3. The highest BCUT2D eigenvalue weighted by atomic mass is 32.2. The summed E-state index contributed by atoms with van der Waals surface area (Å²) in [6, 6.07) is -3.05. The minimum Gasteiger partial charge on any atom is -0.334 e. The SMILES string of the molecule is CC(C)(C)C(=O)C1CS(=O)(=O)[C@H]2[C@@H](NC(=O)C(F)(F)F)C(=O)N12. The molecule has 0 bridgehead atoms. The van der Waals surface area contributed by atoms with E-state index in [1.807, 2.05) is 0 Å². The van der Waals surface area contributed by atoms with Gasteiger partial charge in [0.1, 0.15) is 12.1 Å². The fourth-order valence-electron chi connectivity index (χ4n) is 2.65. The van der Waals surface area contributed by atoms with Gasteiger partial charge in [-0.05, 0) is 0 Å². The van der Waals surface area contributed by atoms with Crippen LogP contribution in [-0.4, -0.2) is 60.3 Å². The Hall–Kier alpha value is -1.65. The van der Waals surface area contributed by atoms with Gasteiger partial charge in [0.05, 0.1) is 5.75 Å². The largest absolute Gasteiger partial charge is 0.471 e. The normalized spacial score (nSPS) is 29.7. The molecule has 0 aromatic heterocycles. The average molecular weight is 356 g/mol. The molecule has 2 amide bonds. The monoisotopic (exact) mass is 356 g/mol. The van der Waals surface area contributed by atoms with Crippen molar-refractivity contribution in [3.05, 3.63) is 0 Å². The number of hydrogen-bond acceptors (Lipinski definition) is 5. The van der Waals surface area contributed by atoms with Crippen LogP contribution in [0.15, 0.2) is 0 Å². The van der Waals surface area contributed by atoms with Crippen molar-refractivity contribution in [1.29, 1.82) is 0 Å². The number of sulfone groups is 1. The Labute approximate surface area is 130 Å². The fourth-order valence-corrected chi connectivity index (χ4v) is 4.80. The Kier molecular flexibility index (Phi) is 3.79. The molecule has 2 aliphatic rings. The Bertz CT molecular complexity index is 680. The highest BCUT2D eigenvalue weighted by Gasteiger charge is 2.65. The van der Waals surface area contributed by atoms with Gasteiger partial charge in [-0.2, -0.15) is 13.2 Å². The molecule has 1 unspecified atom stereocenters. The Balaban J connectivity index is 2.26. The first-order valence-electron chi connectivity index (χ1n) is 6.63. The minimum atomic E-state index is -5.23. The first-order chi connectivity index (χ1) is 10.2. The number of ketones is 1.